The summed E-state index contributed by atoms with van der Waals surface area (Å²) in [7, 11) is 0. The fraction of sp³-hybridized carbons (Fsp3) is 0.579. The van der Waals surface area contributed by atoms with Gasteiger partial charge in [-0.1, -0.05) is 49.6 Å². The van der Waals surface area contributed by atoms with Crippen molar-refractivity contribution in [2.45, 2.75) is 57.4 Å². The van der Waals surface area contributed by atoms with Crippen molar-refractivity contribution < 1.29 is 14.7 Å². The lowest BCUT2D eigenvalue weighted by Crippen LogP contribution is -2.46. The Morgan fingerprint density at radius 1 is 1.04 bits per heavy atom. The van der Waals surface area contributed by atoms with Crippen molar-refractivity contribution in [3.63, 3.8) is 0 Å². The SMILES string of the molecule is O=C(O)CCC(Cc1ccccc1)NC(=O)N1CCCCCCC1. The van der Waals surface area contributed by atoms with Gasteiger partial charge in [0.25, 0.3) is 0 Å². The number of nitrogens with zero attached hydrogens (tertiary/aromatic N) is 1. The maximum absolute atomic E-state index is 12.6. The average Bonchev–Trinajstić information content (AvgIpc) is 2.53. The van der Waals surface area contributed by atoms with Crippen molar-refractivity contribution in [2.75, 3.05) is 13.1 Å². The highest BCUT2D eigenvalue weighted by molar-refractivity contribution is 5.74. The fourth-order valence-electron chi connectivity index (χ4n) is 3.14. The first kappa shape index (κ1) is 18.3. The van der Waals surface area contributed by atoms with Gasteiger partial charge in [0, 0.05) is 25.6 Å². The molecular weight excluding hydrogens is 304 g/mol. The molecule has 1 aromatic carbocycles. The van der Waals surface area contributed by atoms with E-state index in [2.05, 4.69) is 5.32 Å². The Morgan fingerprint density at radius 3 is 2.29 bits per heavy atom. The third-order valence-corrected chi connectivity index (χ3v) is 4.50. The van der Waals surface area contributed by atoms with E-state index in [1.54, 1.807) is 0 Å². The molecule has 0 bridgehead atoms. The summed E-state index contributed by atoms with van der Waals surface area (Å²) in [6, 6.07) is 9.69. The number of amides is 2. The zero-order chi connectivity index (χ0) is 17.2. The quantitative estimate of drug-likeness (QED) is 0.838. The van der Waals surface area contributed by atoms with E-state index in [0.717, 1.165) is 31.5 Å². The molecule has 0 aliphatic carbocycles. The first-order valence-electron chi connectivity index (χ1n) is 8.96. The molecule has 2 amide bonds. The van der Waals surface area contributed by atoms with Gasteiger partial charge in [0.15, 0.2) is 0 Å². The highest BCUT2D eigenvalue weighted by Gasteiger charge is 2.19. The Hall–Kier alpha value is -2.04. The zero-order valence-corrected chi connectivity index (χ0v) is 14.2. The second-order valence-corrected chi connectivity index (χ2v) is 6.52. The highest BCUT2D eigenvalue weighted by Crippen LogP contribution is 2.12. The lowest BCUT2D eigenvalue weighted by atomic mass is 10.0. The standard InChI is InChI=1S/C19H28N2O3/c22-18(23)12-11-17(15-16-9-5-4-6-10-16)20-19(24)21-13-7-2-1-3-8-14-21/h4-6,9-10,17H,1-3,7-8,11-15H2,(H,20,24)(H,22,23). The molecule has 1 fully saturated rings. The van der Waals surface area contributed by atoms with Crippen LogP contribution in [0.5, 0.6) is 0 Å². The van der Waals surface area contributed by atoms with Gasteiger partial charge in [0.2, 0.25) is 0 Å². The maximum atomic E-state index is 12.6. The molecule has 1 unspecified atom stereocenters. The summed E-state index contributed by atoms with van der Waals surface area (Å²) in [5, 5.41) is 12.0. The summed E-state index contributed by atoms with van der Waals surface area (Å²) in [4.78, 5) is 25.4. The van der Waals surface area contributed by atoms with E-state index >= 15 is 0 Å². The first-order chi connectivity index (χ1) is 11.6. The number of carbonyl (C=O) groups is 2. The van der Waals surface area contributed by atoms with Crippen molar-refractivity contribution in [2.24, 2.45) is 0 Å². The molecule has 0 aromatic heterocycles. The van der Waals surface area contributed by atoms with Gasteiger partial charge >= 0.3 is 12.0 Å². The molecule has 1 atom stereocenters. The third kappa shape index (κ3) is 6.60. The summed E-state index contributed by atoms with van der Waals surface area (Å²) in [6.07, 6.45) is 6.88. The van der Waals surface area contributed by atoms with Gasteiger partial charge in [0.05, 0.1) is 0 Å². The van der Waals surface area contributed by atoms with E-state index in [-0.39, 0.29) is 18.5 Å². The summed E-state index contributed by atoms with van der Waals surface area (Å²) >= 11 is 0. The molecular formula is C19H28N2O3. The summed E-state index contributed by atoms with van der Waals surface area (Å²) in [6.45, 7) is 1.59. The largest absolute Gasteiger partial charge is 0.481 e. The molecule has 5 nitrogen and oxygen atoms in total. The van der Waals surface area contributed by atoms with Crippen LogP contribution in [0, 0.1) is 0 Å². The lowest BCUT2D eigenvalue weighted by Gasteiger charge is -2.28. The molecule has 2 rings (SSSR count). The second-order valence-electron chi connectivity index (χ2n) is 6.52. The topological polar surface area (TPSA) is 69.6 Å². The molecule has 1 aromatic rings. The number of carboxylic acid groups (broad SMARTS) is 1. The molecule has 0 radical (unpaired) electrons. The van der Waals surface area contributed by atoms with Crippen molar-refractivity contribution >= 4 is 12.0 Å². The molecule has 1 aliphatic heterocycles. The number of likely N-dealkylation sites (tertiary alicyclic amines) is 1. The minimum Gasteiger partial charge on any atom is -0.481 e. The fourth-order valence-corrected chi connectivity index (χ4v) is 3.14. The predicted molar refractivity (Wildman–Crippen MR) is 94.0 cm³/mol. The number of hydrogen-bond acceptors (Lipinski definition) is 2. The number of benzene rings is 1. The Bertz CT molecular complexity index is 511. The van der Waals surface area contributed by atoms with Crippen molar-refractivity contribution in [1.82, 2.24) is 10.2 Å². The molecule has 0 spiro atoms. The van der Waals surface area contributed by atoms with Gasteiger partial charge in [-0.2, -0.15) is 0 Å². The smallest absolute Gasteiger partial charge is 0.317 e. The zero-order valence-electron chi connectivity index (χ0n) is 14.2. The average molecular weight is 332 g/mol. The molecule has 1 heterocycles. The summed E-state index contributed by atoms with van der Waals surface area (Å²) < 4.78 is 0. The van der Waals surface area contributed by atoms with E-state index in [1.807, 2.05) is 35.2 Å². The summed E-state index contributed by atoms with van der Waals surface area (Å²) in [5.74, 6) is -0.825. The van der Waals surface area contributed by atoms with Crippen LogP contribution in [0.3, 0.4) is 0 Å². The van der Waals surface area contributed by atoms with E-state index in [4.69, 9.17) is 5.11 Å². The van der Waals surface area contributed by atoms with Crippen LogP contribution in [-0.2, 0) is 11.2 Å². The van der Waals surface area contributed by atoms with Crippen LogP contribution in [0.2, 0.25) is 0 Å². The number of rotatable bonds is 6. The van der Waals surface area contributed by atoms with Crippen molar-refractivity contribution in [3.8, 4) is 0 Å². The van der Waals surface area contributed by atoms with Crippen LogP contribution in [0.1, 0.15) is 50.5 Å². The Kier molecular flexibility index (Phi) is 7.59. The van der Waals surface area contributed by atoms with E-state index in [0.29, 0.717) is 12.8 Å². The number of nitrogens with one attached hydrogen (secondary N) is 1. The summed E-state index contributed by atoms with van der Waals surface area (Å²) in [5.41, 5.74) is 1.11. The Labute approximate surface area is 144 Å². The van der Waals surface area contributed by atoms with Crippen LogP contribution in [-0.4, -0.2) is 41.1 Å². The predicted octanol–water partition coefficient (Wildman–Crippen LogP) is 3.44. The van der Waals surface area contributed by atoms with Gasteiger partial charge in [-0.3, -0.25) is 4.79 Å². The Balaban J connectivity index is 1.94. The van der Waals surface area contributed by atoms with Crippen LogP contribution in [0.25, 0.3) is 0 Å². The van der Waals surface area contributed by atoms with Crippen LogP contribution in [0.15, 0.2) is 30.3 Å². The number of urea groups is 1. The number of aliphatic carboxylic acids is 1. The second kappa shape index (κ2) is 9.96. The van der Waals surface area contributed by atoms with Gasteiger partial charge in [-0.05, 0) is 31.2 Å². The van der Waals surface area contributed by atoms with Crippen LogP contribution in [0.4, 0.5) is 4.79 Å². The third-order valence-electron chi connectivity index (χ3n) is 4.50. The normalized spacial score (nSPS) is 16.8. The highest BCUT2D eigenvalue weighted by atomic mass is 16.4. The first-order valence-corrected chi connectivity index (χ1v) is 8.96. The maximum Gasteiger partial charge on any atom is 0.317 e. The Morgan fingerprint density at radius 2 is 1.67 bits per heavy atom. The molecule has 1 saturated heterocycles. The van der Waals surface area contributed by atoms with Gasteiger partial charge in [-0.15, -0.1) is 0 Å². The minimum atomic E-state index is -0.825. The molecule has 2 N–H and O–H groups in total. The van der Waals surface area contributed by atoms with Crippen LogP contribution >= 0.6 is 0 Å². The lowest BCUT2D eigenvalue weighted by molar-refractivity contribution is -0.137. The molecule has 1 aliphatic rings. The minimum absolute atomic E-state index is 0.0526. The van der Waals surface area contributed by atoms with E-state index in [1.165, 1.54) is 19.3 Å². The van der Waals surface area contributed by atoms with Crippen LogP contribution < -0.4 is 5.32 Å². The molecule has 0 saturated carbocycles. The van der Waals surface area contributed by atoms with E-state index < -0.39 is 5.97 Å². The van der Waals surface area contributed by atoms with Gasteiger partial charge in [-0.25, -0.2) is 4.79 Å². The molecule has 24 heavy (non-hydrogen) atoms. The molecule has 132 valence electrons. The number of carbonyl (C=O) groups excluding carboxylic acids is 1. The monoisotopic (exact) mass is 332 g/mol. The van der Waals surface area contributed by atoms with Crippen molar-refractivity contribution in [3.05, 3.63) is 35.9 Å². The van der Waals surface area contributed by atoms with E-state index in [9.17, 15) is 9.59 Å². The van der Waals surface area contributed by atoms with Gasteiger partial charge in [0.1, 0.15) is 0 Å². The number of hydrogen-bond donors (Lipinski definition) is 2. The van der Waals surface area contributed by atoms with Crippen molar-refractivity contribution in [1.29, 1.82) is 0 Å². The number of carboxylic acids is 1. The van der Waals surface area contributed by atoms with Gasteiger partial charge < -0.3 is 15.3 Å². The molecule has 5 heteroatoms.